The van der Waals surface area contributed by atoms with Crippen LogP contribution >= 0.6 is 0 Å². The van der Waals surface area contributed by atoms with E-state index in [9.17, 15) is 4.79 Å². The predicted molar refractivity (Wildman–Crippen MR) is 113 cm³/mol. The zero-order valence-corrected chi connectivity index (χ0v) is 16.4. The minimum Gasteiger partial charge on any atom is -0.473 e. The third-order valence-corrected chi connectivity index (χ3v) is 5.42. The topological polar surface area (TPSA) is 84.0 Å². The van der Waals surface area contributed by atoms with E-state index in [-0.39, 0.29) is 12.0 Å². The molecule has 4 aromatic rings. The van der Waals surface area contributed by atoms with Crippen LogP contribution in [-0.4, -0.2) is 50.4 Å². The average molecular weight is 399 g/mol. The lowest BCUT2D eigenvalue weighted by molar-refractivity contribution is 0.0584. The van der Waals surface area contributed by atoms with Crippen LogP contribution in [0.15, 0.2) is 66.9 Å². The monoisotopic (exact) mass is 399 g/mol. The summed E-state index contributed by atoms with van der Waals surface area (Å²) in [6.45, 7) is 1.25. The second-order valence-electron chi connectivity index (χ2n) is 7.38. The molecule has 3 heterocycles. The molecule has 2 aromatic heterocycles. The second kappa shape index (κ2) is 7.94. The normalized spacial score (nSPS) is 14.7. The molecule has 0 radical (unpaired) electrons. The van der Waals surface area contributed by atoms with Crippen molar-refractivity contribution in [1.82, 2.24) is 25.3 Å². The summed E-state index contributed by atoms with van der Waals surface area (Å²) >= 11 is 0. The van der Waals surface area contributed by atoms with Gasteiger partial charge in [0.25, 0.3) is 5.91 Å². The number of hydrogen-bond donors (Lipinski definition) is 1. The van der Waals surface area contributed by atoms with Gasteiger partial charge in [-0.05, 0) is 12.1 Å². The van der Waals surface area contributed by atoms with Crippen LogP contribution in [0.2, 0.25) is 0 Å². The zero-order valence-electron chi connectivity index (χ0n) is 16.4. The molecule has 7 heteroatoms. The van der Waals surface area contributed by atoms with Gasteiger partial charge in [-0.2, -0.15) is 10.2 Å². The molecule has 0 unspecified atom stereocenters. The van der Waals surface area contributed by atoms with Crippen molar-refractivity contribution in [3.63, 3.8) is 0 Å². The van der Waals surface area contributed by atoms with Crippen molar-refractivity contribution in [1.29, 1.82) is 0 Å². The molecule has 0 atom stereocenters. The fraction of sp³-hybridized carbons (Fsp3) is 0.217. The Balaban J connectivity index is 1.23. The number of benzene rings is 2. The number of ether oxygens (including phenoxy) is 1. The Labute approximate surface area is 173 Å². The summed E-state index contributed by atoms with van der Waals surface area (Å²) in [4.78, 5) is 14.7. The van der Waals surface area contributed by atoms with Crippen molar-refractivity contribution < 1.29 is 9.53 Å². The van der Waals surface area contributed by atoms with Crippen LogP contribution in [0.25, 0.3) is 22.0 Å². The first-order chi connectivity index (χ1) is 14.8. The largest absolute Gasteiger partial charge is 0.473 e. The Kier molecular flexibility index (Phi) is 4.85. The summed E-state index contributed by atoms with van der Waals surface area (Å²) in [5, 5.41) is 17.3. The van der Waals surface area contributed by atoms with Gasteiger partial charge in [0.2, 0.25) is 5.88 Å². The molecule has 7 nitrogen and oxygen atoms in total. The quantitative estimate of drug-likeness (QED) is 0.566. The summed E-state index contributed by atoms with van der Waals surface area (Å²) in [5.41, 5.74) is 2.26. The van der Waals surface area contributed by atoms with E-state index in [1.807, 2.05) is 65.6 Å². The number of aromatic amines is 1. The second-order valence-corrected chi connectivity index (χ2v) is 7.38. The van der Waals surface area contributed by atoms with E-state index in [4.69, 9.17) is 4.74 Å². The lowest BCUT2D eigenvalue weighted by Crippen LogP contribution is -2.42. The van der Waals surface area contributed by atoms with Gasteiger partial charge in [-0.15, -0.1) is 5.10 Å². The maximum Gasteiger partial charge on any atom is 0.271 e. The Bertz CT molecular complexity index is 1160. The number of amides is 1. The van der Waals surface area contributed by atoms with Crippen LogP contribution in [0.3, 0.4) is 0 Å². The van der Waals surface area contributed by atoms with Crippen molar-refractivity contribution in [3.8, 4) is 17.1 Å². The first-order valence-electron chi connectivity index (χ1n) is 10.0. The van der Waals surface area contributed by atoms with E-state index in [0.29, 0.717) is 24.7 Å². The lowest BCUT2D eigenvalue weighted by atomic mass is 10.1. The lowest BCUT2D eigenvalue weighted by Gasteiger charge is -2.31. The van der Waals surface area contributed by atoms with E-state index in [1.165, 1.54) is 0 Å². The molecule has 0 saturated carbocycles. The molecule has 0 spiro atoms. The van der Waals surface area contributed by atoms with Gasteiger partial charge in [-0.3, -0.25) is 9.89 Å². The van der Waals surface area contributed by atoms with Crippen molar-refractivity contribution in [3.05, 3.63) is 72.6 Å². The summed E-state index contributed by atoms with van der Waals surface area (Å²) in [5.74, 6) is 0.520. The third kappa shape index (κ3) is 3.61. The number of fused-ring (bicyclic) bond motifs is 1. The van der Waals surface area contributed by atoms with Crippen LogP contribution in [0.4, 0.5) is 0 Å². The average Bonchev–Trinajstić information content (AvgIpc) is 3.30. The van der Waals surface area contributed by atoms with Gasteiger partial charge in [0.1, 0.15) is 11.8 Å². The fourth-order valence-electron chi connectivity index (χ4n) is 3.78. The maximum absolute atomic E-state index is 12.9. The van der Waals surface area contributed by atoms with Crippen molar-refractivity contribution in [2.45, 2.75) is 18.9 Å². The molecule has 1 aliphatic heterocycles. The molecule has 5 rings (SSSR count). The minimum absolute atomic E-state index is 0.0100. The third-order valence-electron chi connectivity index (χ3n) is 5.42. The minimum atomic E-state index is -0.0342. The number of nitrogens with zero attached hydrogens (tertiary/aromatic N) is 4. The highest BCUT2D eigenvalue weighted by atomic mass is 16.5. The van der Waals surface area contributed by atoms with Crippen LogP contribution in [-0.2, 0) is 0 Å². The van der Waals surface area contributed by atoms with Crippen LogP contribution in [0.1, 0.15) is 23.3 Å². The zero-order chi connectivity index (χ0) is 20.3. The molecular formula is C23H21N5O2. The van der Waals surface area contributed by atoms with Gasteiger partial charge in [-0.1, -0.05) is 48.5 Å². The molecule has 2 aromatic carbocycles. The van der Waals surface area contributed by atoms with Crippen LogP contribution in [0.5, 0.6) is 5.88 Å². The molecule has 1 fully saturated rings. The Morgan fingerprint density at radius 2 is 1.80 bits per heavy atom. The number of carbonyl (C=O) groups excluding carboxylic acids is 1. The van der Waals surface area contributed by atoms with E-state index in [0.717, 1.165) is 34.9 Å². The number of aromatic nitrogens is 4. The number of H-pyrrole nitrogens is 1. The number of carbonyl (C=O) groups is 1. The van der Waals surface area contributed by atoms with Gasteiger partial charge in [0, 0.05) is 42.3 Å². The molecule has 0 aliphatic carbocycles. The SMILES string of the molecule is O=C(c1cc(-c2ccccc2)n[nH]1)N1CCC(Oc2nncc3ccccc23)CC1. The van der Waals surface area contributed by atoms with E-state index < -0.39 is 0 Å². The summed E-state index contributed by atoms with van der Waals surface area (Å²) in [6.07, 6.45) is 3.24. The standard InChI is InChI=1S/C23H21N5O2/c29-23(21-14-20(25-26-21)16-6-2-1-3-7-16)28-12-10-18(11-13-28)30-22-19-9-5-4-8-17(19)15-24-27-22/h1-9,14-15,18H,10-13H2,(H,25,26). The van der Waals surface area contributed by atoms with Crippen molar-refractivity contribution in [2.24, 2.45) is 0 Å². The molecule has 150 valence electrons. The van der Waals surface area contributed by atoms with Crippen molar-refractivity contribution >= 4 is 16.7 Å². The van der Waals surface area contributed by atoms with Gasteiger partial charge >= 0.3 is 0 Å². The molecule has 30 heavy (non-hydrogen) atoms. The first kappa shape index (κ1) is 18.3. The smallest absolute Gasteiger partial charge is 0.271 e. The number of likely N-dealkylation sites (tertiary alicyclic amines) is 1. The fourth-order valence-corrected chi connectivity index (χ4v) is 3.78. The van der Waals surface area contributed by atoms with E-state index in [1.54, 1.807) is 6.20 Å². The van der Waals surface area contributed by atoms with Gasteiger partial charge in [0.15, 0.2) is 0 Å². The number of hydrogen-bond acceptors (Lipinski definition) is 5. The van der Waals surface area contributed by atoms with Gasteiger partial charge in [-0.25, -0.2) is 0 Å². The Hall–Kier alpha value is -3.74. The highest BCUT2D eigenvalue weighted by molar-refractivity contribution is 5.93. The van der Waals surface area contributed by atoms with Crippen molar-refractivity contribution in [2.75, 3.05) is 13.1 Å². The van der Waals surface area contributed by atoms with Gasteiger partial charge < -0.3 is 9.64 Å². The number of rotatable bonds is 4. The summed E-state index contributed by atoms with van der Waals surface area (Å²) in [6, 6.07) is 19.5. The summed E-state index contributed by atoms with van der Waals surface area (Å²) < 4.78 is 6.13. The molecule has 1 aliphatic rings. The molecule has 0 bridgehead atoms. The van der Waals surface area contributed by atoms with Crippen LogP contribution < -0.4 is 4.74 Å². The number of piperidine rings is 1. The predicted octanol–water partition coefficient (Wildman–Crippen LogP) is 3.70. The molecule has 1 N–H and O–H groups in total. The highest BCUT2D eigenvalue weighted by Crippen LogP contribution is 2.25. The van der Waals surface area contributed by atoms with E-state index >= 15 is 0 Å². The summed E-state index contributed by atoms with van der Waals surface area (Å²) in [7, 11) is 0. The number of nitrogens with one attached hydrogen (secondary N) is 1. The molecular weight excluding hydrogens is 378 g/mol. The highest BCUT2D eigenvalue weighted by Gasteiger charge is 2.26. The molecule has 1 saturated heterocycles. The van der Waals surface area contributed by atoms with E-state index in [2.05, 4.69) is 20.4 Å². The Morgan fingerprint density at radius 1 is 1.03 bits per heavy atom. The maximum atomic E-state index is 12.9. The van der Waals surface area contributed by atoms with Gasteiger partial charge in [0.05, 0.1) is 11.9 Å². The Morgan fingerprint density at radius 3 is 2.63 bits per heavy atom. The van der Waals surface area contributed by atoms with Crippen LogP contribution in [0, 0.1) is 0 Å². The first-order valence-corrected chi connectivity index (χ1v) is 10.0. The molecule has 1 amide bonds.